The smallest absolute Gasteiger partial charge is 0.216 e. The molecule has 0 aromatic carbocycles. The molecule has 1 atom stereocenters. The summed E-state index contributed by atoms with van der Waals surface area (Å²) in [6, 6.07) is 2.12. The van der Waals surface area contributed by atoms with E-state index in [1.54, 1.807) is 13.3 Å². The van der Waals surface area contributed by atoms with E-state index in [-0.39, 0.29) is 5.91 Å². The third-order valence-corrected chi connectivity index (χ3v) is 4.55. The highest BCUT2D eigenvalue weighted by molar-refractivity contribution is 5.72. The molecule has 120 valence electrons. The maximum atomic E-state index is 11.1. The summed E-state index contributed by atoms with van der Waals surface area (Å²) in [5.41, 5.74) is 0. The zero-order valence-electron chi connectivity index (χ0n) is 13.3. The van der Waals surface area contributed by atoms with Crippen LogP contribution in [0.2, 0.25) is 0 Å². The zero-order valence-corrected chi connectivity index (χ0v) is 13.3. The van der Waals surface area contributed by atoms with Crippen LogP contribution in [0.25, 0.3) is 0 Å². The van der Waals surface area contributed by atoms with E-state index in [1.807, 2.05) is 0 Å². The summed E-state index contributed by atoms with van der Waals surface area (Å²) in [6.45, 7) is 6.52. The number of carbonyl (C=O) groups is 1. The lowest BCUT2D eigenvalue weighted by Crippen LogP contribution is -2.41. The van der Waals surface area contributed by atoms with Gasteiger partial charge in [-0.25, -0.2) is 9.97 Å². The zero-order chi connectivity index (χ0) is 15.4. The van der Waals surface area contributed by atoms with Gasteiger partial charge >= 0.3 is 0 Å². The number of amides is 1. The summed E-state index contributed by atoms with van der Waals surface area (Å²) in [7, 11) is 0. The van der Waals surface area contributed by atoms with Gasteiger partial charge in [0.1, 0.15) is 18.0 Å². The highest BCUT2D eigenvalue weighted by Crippen LogP contribution is 2.25. The number of hydrogen-bond donors (Lipinski definition) is 1. The van der Waals surface area contributed by atoms with Gasteiger partial charge < -0.3 is 15.1 Å². The van der Waals surface area contributed by atoms with Gasteiger partial charge in [-0.05, 0) is 31.6 Å². The average Bonchev–Trinajstić information content (AvgIpc) is 3.08. The fourth-order valence-electron chi connectivity index (χ4n) is 3.36. The quantitative estimate of drug-likeness (QED) is 0.912. The van der Waals surface area contributed by atoms with Gasteiger partial charge in [0.25, 0.3) is 0 Å². The Balaban J connectivity index is 1.65. The van der Waals surface area contributed by atoms with Gasteiger partial charge in [0.2, 0.25) is 5.91 Å². The highest BCUT2D eigenvalue weighted by atomic mass is 16.1. The van der Waals surface area contributed by atoms with Gasteiger partial charge in [0.15, 0.2) is 0 Å². The van der Waals surface area contributed by atoms with Crippen LogP contribution < -0.4 is 15.1 Å². The second kappa shape index (κ2) is 6.94. The van der Waals surface area contributed by atoms with E-state index in [9.17, 15) is 4.79 Å². The van der Waals surface area contributed by atoms with Crippen LogP contribution in [0, 0.1) is 5.92 Å². The van der Waals surface area contributed by atoms with Crippen LogP contribution in [0.1, 0.15) is 32.6 Å². The van der Waals surface area contributed by atoms with Crippen molar-refractivity contribution < 1.29 is 4.79 Å². The van der Waals surface area contributed by atoms with Gasteiger partial charge in [-0.1, -0.05) is 0 Å². The molecule has 1 aromatic heterocycles. The summed E-state index contributed by atoms with van der Waals surface area (Å²) < 4.78 is 0. The Hall–Kier alpha value is -1.85. The molecule has 1 N–H and O–H groups in total. The Kier molecular flexibility index (Phi) is 4.75. The van der Waals surface area contributed by atoms with Gasteiger partial charge in [-0.3, -0.25) is 4.79 Å². The maximum absolute atomic E-state index is 11.1. The lowest BCUT2D eigenvalue weighted by Gasteiger charge is -2.34. The molecule has 2 aliphatic heterocycles. The molecule has 1 unspecified atom stereocenters. The van der Waals surface area contributed by atoms with Gasteiger partial charge in [-0.2, -0.15) is 0 Å². The largest absolute Gasteiger partial charge is 0.356 e. The molecule has 6 nitrogen and oxygen atoms in total. The lowest BCUT2D eigenvalue weighted by atomic mass is 9.98. The molecular weight excluding hydrogens is 278 g/mol. The van der Waals surface area contributed by atoms with E-state index in [0.29, 0.717) is 5.92 Å². The van der Waals surface area contributed by atoms with E-state index < -0.39 is 0 Å². The van der Waals surface area contributed by atoms with Gasteiger partial charge in [-0.15, -0.1) is 0 Å². The molecule has 3 rings (SSSR count). The van der Waals surface area contributed by atoms with Crippen molar-refractivity contribution in [2.24, 2.45) is 5.92 Å². The predicted octanol–water partition coefficient (Wildman–Crippen LogP) is 1.43. The van der Waals surface area contributed by atoms with Crippen LogP contribution in [0.4, 0.5) is 11.6 Å². The molecule has 2 saturated heterocycles. The van der Waals surface area contributed by atoms with Crippen LogP contribution in [0.3, 0.4) is 0 Å². The molecule has 6 heteroatoms. The Morgan fingerprint density at radius 2 is 1.86 bits per heavy atom. The summed E-state index contributed by atoms with van der Waals surface area (Å²) in [4.78, 5) is 24.6. The average molecular weight is 303 g/mol. The third kappa shape index (κ3) is 3.67. The number of carbonyl (C=O) groups excluding carboxylic acids is 1. The van der Waals surface area contributed by atoms with E-state index in [1.165, 1.54) is 19.3 Å². The SMILES string of the molecule is CC(=O)NCC1CCCN(c2cc(N3CCCC3)ncn2)C1. The number of nitrogens with one attached hydrogen (secondary N) is 1. The van der Waals surface area contributed by atoms with Crippen molar-refractivity contribution in [1.82, 2.24) is 15.3 Å². The van der Waals surface area contributed by atoms with Crippen LogP contribution in [-0.4, -0.2) is 48.6 Å². The Morgan fingerprint density at radius 3 is 2.59 bits per heavy atom. The minimum atomic E-state index is 0.0514. The number of rotatable bonds is 4. The predicted molar refractivity (Wildman–Crippen MR) is 87.1 cm³/mol. The third-order valence-electron chi connectivity index (χ3n) is 4.55. The summed E-state index contributed by atoms with van der Waals surface area (Å²) in [5.74, 6) is 2.62. The first-order chi connectivity index (χ1) is 10.7. The molecular formula is C16H25N5O. The fourth-order valence-corrected chi connectivity index (χ4v) is 3.36. The minimum absolute atomic E-state index is 0.0514. The highest BCUT2D eigenvalue weighted by Gasteiger charge is 2.22. The summed E-state index contributed by atoms with van der Waals surface area (Å²) in [6.07, 6.45) is 6.50. The molecule has 1 amide bonds. The molecule has 0 spiro atoms. The van der Waals surface area contributed by atoms with Crippen molar-refractivity contribution >= 4 is 17.5 Å². The second-order valence-electron chi connectivity index (χ2n) is 6.32. The molecule has 1 aromatic rings. The standard InChI is InChI=1S/C16H25N5O/c1-13(22)17-10-14-5-4-8-21(11-14)16-9-15(18-12-19-16)20-6-2-3-7-20/h9,12,14H,2-8,10-11H2,1H3,(H,17,22). The van der Waals surface area contributed by atoms with Crippen molar-refractivity contribution in [3.05, 3.63) is 12.4 Å². The molecule has 0 saturated carbocycles. The summed E-state index contributed by atoms with van der Waals surface area (Å²) in [5, 5.41) is 2.94. The number of anilines is 2. The van der Waals surface area contributed by atoms with Crippen molar-refractivity contribution in [3.63, 3.8) is 0 Å². The first-order valence-corrected chi connectivity index (χ1v) is 8.29. The molecule has 0 aliphatic carbocycles. The molecule has 2 aliphatic rings. The number of nitrogens with zero attached hydrogens (tertiary/aromatic N) is 4. The Bertz CT molecular complexity index is 515. The molecule has 3 heterocycles. The van der Waals surface area contributed by atoms with Crippen LogP contribution in [-0.2, 0) is 4.79 Å². The first-order valence-electron chi connectivity index (χ1n) is 8.29. The van der Waals surface area contributed by atoms with Crippen LogP contribution >= 0.6 is 0 Å². The van der Waals surface area contributed by atoms with E-state index in [2.05, 4.69) is 31.2 Å². The first kappa shape index (κ1) is 15.1. The Morgan fingerprint density at radius 1 is 1.18 bits per heavy atom. The van der Waals surface area contributed by atoms with Crippen molar-refractivity contribution in [2.75, 3.05) is 42.5 Å². The normalized spacial score (nSPS) is 22.0. The number of piperidine rings is 1. The van der Waals surface area contributed by atoms with Crippen LogP contribution in [0.15, 0.2) is 12.4 Å². The molecule has 22 heavy (non-hydrogen) atoms. The number of aromatic nitrogens is 2. The van der Waals surface area contributed by atoms with Crippen molar-refractivity contribution in [1.29, 1.82) is 0 Å². The molecule has 0 radical (unpaired) electrons. The molecule has 2 fully saturated rings. The van der Waals surface area contributed by atoms with E-state index in [0.717, 1.165) is 50.8 Å². The molecule has 0 bridgehead atoms. The monoisotopic (exact) mass is 303 g/mol. The van der Waals surface area contributed by atoms with Gasteiger partial charge in [0, 0.05) is 45.7 Å². The fraction of sp³-hybridized carbons (Fsp3) is 0.688. The number of hydrogen-bond acceptors (Lipinski definition) is 5. The van der Waals surface area contributed by atoms with E-state index in [4.69, 9.17) is 0 Å². The van der Waals surface area contributed by atoms with Crippen molar-refractivity contribution in [2.45, 2.75) is 32.6 Å². The minimum Gasteiger partial charge on any atom is -0.356 e. The second-order valence-corrected chi connectivity index (χ2v) is 6.32. The van der Waals surface area contributed by atoms with Crippen molar-refractivity contribution in [3.8, 4) is 0 Å². The topological polar surface area (TPSA) is 61.4 Å². The van der Waals surface area contributed by atoms with Gasteiger partial charge in [0.05, 0.1) is 0 Å². The lowest BCUT2D eigenvalue weighted by molar-refractivity contribution is -0.119. The maximum Gasteiger partial charge on any atom is 0.216 e. The summed E-state index contributed by atoms with van der Waals surface area (Å²) >= 11 is 0. The van der Waals surface area contributed by atoms with E-state index >= 15 is 0 Å². The Labute approximate surface area is 131 Å². The van der Waals surface area contributed by atoms with Crippen LogP contribution in [0.5, 0.6) is 0 Å².